The molecule has 2 rings (SSSR count). The van der Waals surface area contributed by atoms with Crippen molar-refractivity contribution in [2.24, 2.45) is 7.05 Å². The number of hydrogen-bond donors (Lipinski definition) is 0. The van der Waals surface area contributed by atoms with Crippen molar-refractivity contribution < 1.29 is 13.1 Å². The summed E-state index contributed by atoms with van der Waals surface area (Å²) in [4.78, 5) is 0.934. The van der Waals surface area contributed by atoms with Gasteiger partial charge in [-0.25, -0.2) is 13.1 Å². The highest BCUT2D eigenvalue weighted by Gasteiger charge is 2.47. The highest BCUT2D eigenvalue weighted by molar-refractivity contribution is 8.07. The van der Waals surface area contributed by atoms with E-state index in [0.29, 0.717) is 11.4 Å². The quantitative estimate of drug-likeness (QED) is 0.637. The van der Waals surface area contributed by atoms with E-state index in [4.69, 9.17) is 0 Å². The molecule has 1 aromatic rings. The second-order valence-electron chi connectivity index (χ2n) is 6.52. The normalized spacial score (nSPS) is 17.0. The number of halogens is 2. The lowest BCUT2D eigenvalue weighted by Crippen LogP contribution is -2.25. The van der Waals surface area contributed by atoms with Crippen molar-refractivity contribution in [1.29, 1.82) is 0 Å². The lowest BCUT2D eigenvalue weighted by Gasteiger charge is -2.12. The third-order valence-electron chi connectivity index (χ3n) is 5.47. The van der Waals surface area contributed by atoms with Crippen LogP contribution in [0.5, 0.6) is 0 Å². The Hall–Kier alpha value is -1.30. The first-order chi connectivity index (χ1) is 11.7. The number of thioether (sulfide) groups is 1. The molecule has 1 aliphatic heterocycles. The van der Waals surface area contributed by atoms with Crippen LogP contribution >= 0.6 is 11.8 Å². The van der Waals surface area contributed by atoms with E-state index < -0.39 is 7.40 Å². The fourth-order valence-corrected chi connectivity index (χ4v) is 5.07. The molecule has 1 aliphatic rings. The van der Waals surface area contributed by atoms with Crippen molar-refractivity contribution in [3.8, 4) is 0 Å². The van der Waals surface area contributed by atoms with E-state index in [1.165, 1.54) is 21.3 Å². The van der Waals surface area contributed by atoms with Crippen LogP contribution in [0, 0.1) is 13.8 Å². The predicted molar refractivity (Wildman–Crippen MR) is 107 cm³/mol. The Morgan fingerprint density at radius 1 is 1.12 bits per heavy atom. The molecule has 0 aromatic carbocycles. The Labute approximate surface area is 154 Å². The first kappa shape index (κ1) is 20.0. The fraction of sp³-hybridized carbons (Fsp3) is 0.526. The van der Waals surface area contributed by atoms with Gasteiger partial charge < -0.3 is 4.57 Å². The fourth-order valence-electron chi connectivity index (χ4n) is 4.14. The zero-order chi connectivity index (χ0) is 19.0. The van der Waals surface area contributed by atoms with Crippen molar-refractivity contribution in [3.05, 3.63) is 39.4 Å². The van der Waals surface area contributed by atoms with E-state index in [9.17, 15) is 8.63 Å². The van der Waals surface area contributed by atoms with Crippen LogP contribution in [0.2, 0.25) is 0 Å². The van der Waals surface area contributed by atoms with Gasteiger partial charge in [-0.1, -0.05) is 13.8 Å². The van der Waals surface area contributed by atoms with Crippen LogP contribution in [0.3, 0.4) is 0 Å². The van der Waals surface area contributed by atoms with Gasteiger partial charge in [-0.15, -0.1) is 11.8 Å². The van der Waals surface area contributed by atoms with Crippen molar-refractivity contribution in [2.45, 2.75) is 54.4 Å². The van der Waals surface area contributed by atoms with E-state index in [1.807, 2.05) is 27.2 Å². The van der Waals surface area contributed by atoms with E-state index in [2.05, 4.69) is 25.3 Å². The van der Waals surface area contributed by atoms with Crippen LogP contribution in [0.4, 0.5) is 8.63 Å². The molecule has 0 spiro atoms. The number of hydrogen-bond acceptors (Lipinski definition) is 1. The van der Waals surface area contributed by atoms with Crippen LogP contribution < -0.4 is 0 Å². The Morgan fingerprint density at radius 3 is 2.12 bits per heavy atom. The topological polar surface area (TPSA) is 7.94 Å². The van der Waals surface area contributed by atoms with Gasteiger partial charge in [-0.05, 0) is 51.0 Å². The largest absolute Gasteiger partial charge is 0.934 e. The van der Waals surface area contributed by atoms with E-state index in [0.717, 1.165) is 34.6 Å². The zero-order valence-electron chi connectivity index (χ0n) is 16.6. The average Bonchev–Trinajstić information content (AvgIpc) is 2.93. The number of aromatic nitrogens is 1. The molecular weight excluding hydrogens is 337 g/mol. The highest BCUT2D eigenvalue weighted by atomic mass is 32.2. The van der Waals surface area contributed by atoms with Crippen LogP contribution in [-0.4, -0.2) is 28.4 Å². The molecule has 0 atom stereocenters. The van der Waals surface area contributed by atoms with Gasteiger partial charge in [0, 0.05) is 30.8 Å². The van der Waals surface area contributed by atoms with Gasteiger partial charge in [0.25, 0.3) is 0 Å². The zero-order valence-corrected chi connectivity index (χ0v) is 17.4. The van der Waals surface area contributed by atoms with Crippen LogP contribution in [0.1, 0.15) is 56.6 Å². The highest BCUT2D eigenvalue weighted by Crippen LogP contribution is 2.41. The summed E-state index contributed by atoms with van der Waals surface area (Å²) in [7, 11) is -0.505. The van der Waals surface area contributed by atoms with Gasteiger partial charge >= 0.3 is 7.40 Å². The molecule has 1 aromatic heterocycles. The Kier molecular flexibility index (Phi) is 6.03. The molecule has 136 valence electrons. The van der Waals surface area contributed by atoms with Gasteiger partial charge in [0.1, 0.15) is 4.91 Å². The number of nitrogens with zero attached hydrogens (tertiary/aromatic N) is 2. The van der Waals surface area contributed by atoms with Crippen LogP contribution in [0.15, 0.2) is 16.8 Å². The maximum atomic E-state index is 13.9. The first-order valence-electron chi connectivity index (χ1n) is 8.77. The molecule has 0 bridgehead atoms. The first-order valence-corrected chi connectivity index (χ1v) is 9.99. The molecule has 6 heteroatoms. The maximum Gasteiger partial charge on any atom is 0.934 e. The second kappa shape index (κ2) is 7.52. The lowest BCUT2D eigenvalue weighted by molar-refractivity contribution is -0.343. The molecule has 0 saturated carbocycles. The summed E-state index contributed by atoms with van der Waals surface area (Å²) >= 11 is 1.56. The van der Waals surface area contributed by atoms with E-state index in [1.54, 1.807) is 18.7 Å². The van der Waals surface area contributed by atoms with Gasteiger partial charge in [0.15, 0.2) is 5.71 Å². The summed E-state index contributed by atoms with van der Waals surface area (Å²) in [5.74, 6) is 0. The number of allylic oxidation sites excluding steroid dienone is 2. The average molecular weight is 365 g/mol. The Balaban J connectivity index is 2.90. The third-order valence-corrected chi connectivity index (χ3v) is 6.26. The smallest absolute Gasteiger partial charge is 0.347 e. The van der Waals surface area contributed by atoms with Crippen molar-refractivity contribution in [2.75, 3.05) is 6.26 Å². The summed E-state index contributed by atoms with van der Waals surface area (Å²) in [5.41, 5.74) is 8.13. The molecule has 0 saturated heterocycles. The Bertz CT molecular complexity index is 801. The van der Waals surface area contributed by atoms with E-state index in [-0.39, 0.29) is 0 Å². The molecule has 2 nitrogen and oxygen atoms in total. The summed E-state index contributed by atoms with van der Waals surface area (Å²) < 4.78 is 31.2. The lowest BCUT2D eigenvalue weighted by atomic mass is 10.0. The molecule has 0 N–H and O–H groups in total. The van der Waals surface area contributed by atoms with Crippen molar-refractivity contribution in [3.63, 3.8) is 0 Å². The van der Waals surface area contributed by atoms with Gasteiger partial charge in [-0.3, -0.25) is 0 Å². The van der Waals surface area contributed by atoms with Crippen LogP contribution in [0.25, 0.3) is 4.91 Å². The molecular formula is C19H28BF2N2S+. The SMILES string of the molecule is CCC1=C(C)/C(=C(\SC)c2c(C)c(CC)c(C)n2C)[N+](B(F)F)=C1C. The predicted octanol–water partition coefficient (Wildman–Crippen LogP) is 5.37. The van der Waals surface area contributed by atoms with Crippen molar-refractivity contribution in [1.82, 2.24) is 4.57 Å². The second-order valence-corrected chi connectivity index (χ2v) is 7.34. The minimum absolute atomic E-state index is 0.670. The molecule has 25 heavy (non-hydrogen) atoms. The van der Waals surface area contributed by atoms with Gasteiger partial charge in [0.05, 0.1) is 5.69 Å². The molecule has 0 unspecified atom stereocenters. The molecule has 2 heterocycles. The molecule has 0 radical (unpaired) electrons. The Morgan fingerprint density at radius 2 is 1.72 bits per heavy atom. The minimum Gasteiger partial charge on any atom is -0.347 e. The summed E-state index contributed by atoms with van der Waals surface area (Å²) in [6, 6.07) is 0. The van der Waals surface area contributed by atoms with Gasteiger partial charge in [0.2, 0.25) is 5.70 Å². The molecule has 0 fully saturated rings. The monoisotopic (exact) mass is 365 g/mol. The van der Waals surface area contributed by atoms with Crippen LogP contribution in [-0.2, 0) is 13.5 Å². The van der Waals surface area contributed by atoms with Crippen molar-refractivity contribution >= 4 is 29.8 Å². The standard InChI is InChI=1S/C19H28BF2N2S/c1-9-15-11(3)17(23(7)13(15)5)19(25-8)18-12(4)16(10-2)14(6)24(18)20(21)22/h9-10H2,1-8H3/q+1. The summed E-state index contributed by atoms with van der Waals surface area (Å²) in [5, 5.41) is 0. The number of rotatable bonds is 5. The van der Waals surface area contributed by atoms with E-state index >= 15 is 0 Å². The minimum atomic E-state index is -2.54. The summed E-state index contributed by atoms with van der Waals surface area (Å²) in [6.45, 7) is 12.2. The third kappa shape index (κ3) is 3.03. The molecule has 0 amide bonds. The molecule has 0 aliphatic carbocycles. The van der Waals surface area contributed by atoms with Gasteiger partial charge in [-0.2, -0.15) is 0 Å². The summed E-state index contributed by atoms with van der Waals surface area (Å²) in [6.07, 6.45) is 3.69. The maximum absolute atomic E-state index is 13.9.